The molecule has 2 atom stereocenters. The van der Waals surface area contributed by atoms with Gasteiger partial charge < -0.3 is 4.90 Å². The Morgan fingerprint density at radius 3 is 2.06 bits per heavy atom. The molecule has 1 aliphatic rings. The molecule has 3 aromatic carbocycles. The predicted octanol–water partition coefficient (Wildman–Crippen LogP) is 9.37. The van der Waals surface area contributed by atoms with Crippen LogP contribution in [0.1, 0.15) is 114 Å². The topological polar surface area (TPSA) is 3.24 Å². The van der Waals surface area contributed by atoms with E-state index in [1.54, 1.807) is 5.56 Å². The van der Waals surface area contributed by atoms with Crippen molar-refractivity contribution in [2.24, 2.45) is 0 Å². The van der Waals surface area contributed by atoms with E-state index in [1.807, 2.05) is 0 Å². The molecule has 1 aliphatic heterocycles. The van der Waals surface area contributed by atoms with E-state index < -0.39 is 0 Å². The highest BCUT2D eigenvalue weighted by Gasteiger charge is 2.46. The highest BCUT2D eigenvalue weighted by Crippen LogP contribution is 2.50. The van der Waals surface area contributed by atoms with E-state index >= 15 is 0 Å². The number of nitrogens with zero attached hydrogens (tertiary/aromatic N) is 1. The Morgan fingerprint density at radius 1 is 0.882 bits per heavy atom. The second kappa shape index (κ2) is 9.40. The van der Waals surface area contributed by atoms with Gasteiger partial charge >= 0.3 is 0 Å². The normalized spacial score (nSPS) is 20.1. The molecule has 3 aromatic rings. The third kappa shape index (κ3) is 4.16. The van der Waals surface area contributed by atoms with E-state index in [0.29, 0.717) is 23.8 Å². The highest BCUT2D eigenvalue weighted by atomic mass is 15.3. The van der Waals surface area contributed by atoms with Crippen LogP contribution in [0.15, 0.2) is 48.5 Å². The Kier molecular flexibility index (Phi) is 6.87. The van der Waals surface area contributed by atoms with Crippen LogP contribution in [0.5, 0.6) is 0 Å². The van der Waals surface area contributed by atoms with Crippen LogP contribution < -0.4 is 4.90 Å². The molecular formula is C33H45N. The van der Waals surface area contributed by atoms with E-state index in [9.17, 15) is 0 Å². The molecule has 0 spiro atoms. The number of hydrogen-bond acceptors (Lipinski definition) is 1. The molecule has 1 fully saturated rings. The monoisotopic (exact) mass is 455 g/mol. The van der Waals surface area contributed by atoms with Gasteiger partial charge in [-0.15, -0.1) is 0 Å². The van der Waals surface area contributed by atoms with Crippen LogP contribution in [0.2, 0.25) is 0 Å². The fraction of sp³-hybridized carbons (Fsp3) is 0.515. The summed E-state index contributed by atoms with van der Waals surface area (Å²) in [6.45, 7) is 21.4. The lowest BCUT2D eigenvalue weighted by molar-refractivity contribution is 0.500. The van der Waals surface area contributed by atoms with Crippen molar-refractivity contribution in [3.8, 4) is 0 Å². The number of fused-ring (bicyclic) bond motifs is 1. The second-order valence-corrected chi connectivity index (χ2v) is 11.7. The SMILES string of the molecule is CCc1cccc(CC)c1N1C(C)C(c2c(C(C)C)ccc3ccc(C(C)C)cc23)CC1(C)C. The van der Waals surface area contributed by atoms with Gasteiger partial charge in [-0.1, -0.05) is 90.1 Å². The van der Waals surface area contributed by atoms with Crippen LogP contribution in [0.25, 0.3) is 10.8 Å². The maximum Gasteiger partial charge on any atom is 0.0438 e. The van der Waals surface area contributed by atoms with Gasteiger partial charge in [0.2, 0.25) is 0 Å². The Morgan fingerprint density at radius 2 is 1.50 bits per heavy atom. The molecule has 1 nitrogen and oxygen atoms in total. The van der Waals surface area contributed by atoms with Crippen LogP contribution in [-0.4, -0.2) is 11.6 Å². The van der Waals surface area contributed by atoms with E-state index in [-0.39, 0.29) is 5.54 Å². The van der Waals surface area contributed by atoms with Gasteiger partial charge in [0.05, 0.1) is 0 Å². The molecule has 0 N–H and O–H groups in total. The van der Waals surface area contributed by atoms with Crippen molar-refractivity contribution in [1.82, 2.24) is 0 Å². The standard InChI is InChI=1S/C33H45N/c1-10-24-13-12-14-25(11-2)32(24)34-23(7)30(20-33(34,8)9)31-28(22(5)6)18-17-26-15-16-27(21(3)4)19-29(26)31/h12-19,21-23,30H,10-11,20H2,1-9H3. The fourth-order valence-corrected chi connectivity index (χ4v) is 6.57. The number of aryl methyl sites for hydroxylation is 2. The second-order valence-electron chi connectivity index (χ2n) is 11.7. The van der Waals surface area contributed by atoms with Gasteiger partial charge in [-0.25, -0.2) is 0 Å². The zero-order valence-corrected chi connectivity index (χ0v) is 23.0. The summed E-state index contributed by atoms with van der Waals surface area (Å²) in [5.41, 5.74) is 9.16. The largest absolute Gasteiger partial charge is 0.363 e. The van der Waals surface area contributed by atoms with Crippen LogP contribution in [-0.2, 0) is 12.8 Å². The first-order valence-corrected chi connectivity index (χ1v) is 13.6. The first-order chi connectivity index (χ1) is 16.1. The van der Waals surface area contributed by atoms with Gasteiger partial charge in [-0.05, 0) is 90.5 Å². The minimum absolute atomic E-state index is 0.103. The molecule has 1 heteroatoms. The summed E-state index contributed by atoms with van der Waals surface area (Å²) in [6.07, 6.45) is 3.34. The highest BCUT2D eigenvalue weighted by molar-refractivity contribution is 5.89. The zero-order valence-electron chi connectivity index (χ0n) is 23.0. The van der Waals surface area contributed by atoms with E-state index in [0.717, 1.165) is 12.8 Å². The summed E-state index contributed by atoms with van der Waals surface area (Å²) in [4.78, 5) is 2.80. The van der Waals surface area contributed by atoms with Crippen molar-refractivity contribution in [3.05, 3.63) is 76.3 Å². The van der Waals surface area contributed by atoms with Crippen molar-refractivity contribution in [3.63, 3.8) is 0 Å². The van der Waals surface area contributed by atoms with Gasteiger partial charge in [-0.2, -0.15) is 0 Å². The van der Waals surface area contributed by atoms with Crippen molar-refractivity contribution in [2.45, 2.75) is 111 Å². The minimum Gasteiger partial charge on any atom is -0.363 e. The quantitative estimate of drug-likeness (QED) is 0.358. The summed E-state index contributed by atoms with van der Waals surface area (Å²) in [7, 11) is 0. The summed E-state index contributed by atoms with van der Waals surface area (Å²) < 4.78 is 0. The first-order valence-electron chi connectivity index (χ1n) is 13.6. The summed E-state index contributed by atoms with van der Waals surface area (Å²) in [6, 6.07) is 19.3. The fourth-order valence-electron chi connectivity index (χ4n) is 6.57. The van der Waals surface area contributed by atoms with E-state index in [4.69, 9.17) is 0 Å². The molecule has 2 unspecified atom stereocenters. The molecule has 4 rings (SSSR count). The zero-order chi connectivity index (χ0) is 24.8. The molecule has 0 saturated carbocycles. The van der Waals surface area contributed by atoms with Gasteiger partial charge in [-0.3, -0.25) is 0 Å². The molecule has 0 bridgehead atoms. The molecule has 0 aliphatic carbocycles. The molecule has 0 radical (unpaired) electrons. The number of hydrogen-bond donors (Lipinski definition) is 0. The Bertz CT molecular complexity index is 1140. The average molecular weight is 456 g/mol. The van der Waals surface area contributed by atoms with Crippen molar-refractivity contribution in [2.75, 3.05) is 4.90 Å². The smallest absolute Gasteiger partial charge is 0.0438 e. The predicted molar refractivity (Wildman–Crippen MR) is 151 cm³/mol. The molecule has 1 heterocycles. The van der Waals surface area contributed by atoms with Gasteiger partial charge in [0.1, 0.15) is 0 Å². The third-order valence-corrected chi connectivity index (χ3v) is 8.35. The van der Waals surface area contributed by atoms with E-state index in [1.165, 1.54) is 45.1 Å². The number of para-hydroxylation sites is 1. The Hall–Kier alpha value is -2.28. The Labute approximate surface area is 208 Å². The number of anilines is 1. The number of benzene rings is 3. The van der Waals surface area contributed by atoms with Crippen LogP contribution in [0.3, 0.4) is 0 Å². The molecular weight excluding hydrogens is 410 g/mol. The average Bonchev–Trinajstić information content (AvgIpc) is 3.04. The van der Waals surface area contributed by atoms with Crippen molar-refractivity contribution < 1.29 is 0 Å². The maximum atomic E-state index is 2.80. The maximum absolute atomic E-state index is 2.80. The van der Waals surface area contributed by atoms with Crippen LogP contribution >= 0.6 is 0 Å². The lowest BCUT2D eigenvalue weighted by atomic mass is 9.79. The van der Waals surface area contributed by atoms with Crippen LogP contribution in [0, 0.1) is 0 Å². The molecule has 182 valence electrons. The Balaban J connectivity index is 1.94. The lowest BCUT2D eigenvalue weighted by Gasteiger charge is -2.40. The minimum atomic E-state index is 0.103. The first kappa shape index (κ1) is 24.8. The lowest BCUT2D eigenvalue weighted by Crippen LogP contribution is -2.43. The van der Waals surface area contributed by atoms with Gasteiger partial charge in [0, 0.05) is 23.2 Å². The van der Waals surface area contributed by atoms with Crippen LogP contribution in [0.4, 0.5) is 5.69 Å². The van der Waals surface area contributed by atoms with Gasteiger partial charge in [0.15, 0.2) is 0 Å². The van der Waals surface area contributed by atoms with Gasteiger partial charge in [0.25, 0.3) is 0 Å². The molecule has 1 saturated heterocycles. The molecule has 0 aromatic heterocycles. The van der Waals surface area contributed by atoms with Crippen molar-refractivity contribution >= 4 is 16.5 Å². The summed E-state index contributed by atoms with van der Waals surface area (Å²) in [5.74, 6) is 1.56. The molecule has 34 heavy (non-hydrogen) atoms. The summed E-state index contributed by atoms with van der Waals surface area (Å²) in [5, 5.41) is 2.86. The summed E-state index contributed by atoms with van der Waals surface area (Å²) >= 11 is 0. The third-order valence-electron chi connectivity index (χ3n) is 8.35. The molecule has 0 amide bonds. The number of rotatable bonds is 6. The van der Waals surface area contributed by atoms with Crippen molar-refractivity contribution in [1.29, 1.82) is 0 Å². The van der Waals surface area contributed by atoms with E-state index in [2.05, 4.69) is 116 Å².